The Labute approximate surface area is 198 Å². The molecule has 2 fully saturated rings. The first kappa shape index (κ1) is 24.5. The molecule has 2 saturated heterocycles. The SMILES string of the molecule is Cc1ccc(S(=O)(=O)N2CCC[C@@H](C(=O)N3CCN(c4cccc(C(F)(F)F)c4)CC3)C2)cc1. The quantitative estimate of drug-likeness (QED) is 0.648. The van der Waals surface area contributed by atoms with E-state index in [1.54, 1.807) is 35.2 Å². The highest BCUT2D eigenvalue weighted by Gasteiger charge is 2.36. The molecule has 2 aliphatic heterocycles. The van der Waals surface area contributed by atoms with Crippen molar-refractivity contribution in [2.45, 2.75) is 30.8 Å². The van der Waals surface area contributed by atoms with Gasteiger partial charge in [0.05, 0.1) is 16.4 Å². The van der Waals surface area contributed by atoms with Crippen molar-refractivity contribution >= 4 is 21.6 Å². The fourth-order valence-corrected chi connectivity index (χ4v) is 6.07. The first-order valence-electron chi connectivity index (χ1n) is 11.3. The van der Waals surface area contributed by atoms with Crippen LogP contribution in [0, 0.1) is 12.8 Å². The molecule has 2 aromatic carbocycles. The molecule has 6 nitrogen and oxygen atoms in total. The molecule has 0 radical (unpaired) electrons. The van der Waals surface area contributed by atoms with E-state index in [1.165, 1.54) is 10.4 Å². The van der Waals surface area contributed by atoms with E-state index in [0.717, 1.165) is 17.7 Å². The molecule has 0 aliphatic carbocycles. The van der Waals surface area contributed by atoms with Crippen LogP contribution < -0.4 is 4.90 Å². The van der Waals surface area contributed by atoms with Gasteiger partial charge in [-0.1, -0.05) is 23.8 Å². The van der Waals surface area contributed by atoms with E-state index in [-0.39, 0.29) is 17.3 Å². The van der Waals surface area contributed by atoms with Crippen LogP contribution in [0.3, 0.4) is 0 Å². The van der Waals surface area contributed by atoms with Gasteiger partial charge in [0.1, 0.15) is 0 Å². The van der Waals surface area contributed by atoms with Crippen molar-refractivity contribution in [1.29, 1.82) is 0 Å². The van der Waals surface area contributed by atoms with Crippen molar-refractivity contribution in [3.63, 3.8) is 0 Å². The van der Waals surface area contributed by atoms with Gasteiger partial charge in [0.25, 0.3) is 0 Å². The van der Waals surface area contributed by atoms with Crippen molar-refractivity contribution in [3.8, 4) is 0 Å². The molecule has 0 saturated carbocycles. The molecule has 0 aromatic heterocycles. The van der Waals surface area contributed by atoms with Crippen molar-refractivity contribution in [2.24, 2.45) is 5.92 Å². The third-order valence-electron chi connectivity index (χ3n) is 6.52. The van der Waals surface area contributed by atoms with Crippen LogP contribution in [0.1, 0.15) is 24.0 Å². The van der Waals surface area contributed by atoms with E-state index >= 15 is 0 Å². The molecule has 1 atom stereocenters. The zero-order valence-electron chi connectivity index (χ0n) is 19.0. The van der Waals surface area contributed by atoms with Crippen LogP contribution in [0.5, 0.6) is 0 Å². The Hall–Kier alpha value is -2.59. The summed E-state index contributed by atoms with van der Waals surface area (Å²) >= 11 is 0. The average molecular weight is 496 g/mol. The lowest BCUT2D eigenvalue weighted by molar-refractivity contribution is -0.137. The Morgan fingerprint density at radius 2 is 1.65 bits per heavy atom. The van der Waals surface area contributed by atoms with Crippen LogP contribution in [0.15, 0.2) is 53.4 Å². The number of sulfonamides is 1. The lowest BCUT2D eigenvalue weighted by Gasteiger charge is -2.39. The van der Waals surface area contributed by atoms with Gasteiger partial charge in [-0.3, -0.25) is 4.79 Å². The number of nitrogens with zero attached hydrogens (tertiary/aromatic N) is 3. The van der Waals surface area contributed by atoms with Crippen molar-refractivity contribution < 1.29 is 26.4 Å². The van der Waals surface area contributed by atoms with Crippen LogP contribution in [0.4, 0.5) is 18.9 Å². The molecule has 2 aromatic rings. The van der Waals surface area contributed by atoms with E-state index in [9.17, 15) is 26.4 Å². The predicted molar refractivity (Wildman–Crippen MR) is 123 cm³/mol. The van der Waals surface area contributed by atoms with Gasteiger partial charge in [-0.05, 0) is 50.1 Å². The summed E-state index contributed by atoms with van der Waals surface area (Å²) in [5.74, 6) is -0.512. The number of carbonyl (C=O) groups excluding carboxylic acids is 1. The number of piperazine rings is 1. The summed E-state index contributed by atoms with van der Waals surface area (Å²) in [4.78, 5) is 16.9. The van der Waals surface area contributed by atoms with E-state index < -0.39 is 27.7 Å². The molecule has 34 heavy (non-hydrogen) atoms. The maximum atomic E-state index is 13.2. The molecular weight excluding hydrogens is 467 g/mol. The third-order valence-corrected chi connectivity index (χ3v) is 8.40. The zero-order chi connectivity index (χ0) is 24.5. The normalized spacial score (nSPS) is 20.4. The number of halogens is 3. The minimum Gasteiger partial charge on any atom is -0.368 e. The molecule has 184 valence electrons. The minimum atomic E-state index is -4.40. The second-order valence-corrected chi connectivity index (χ2v) is 10.8. The molecular formula is C24H28F3N3O3S. The molecule has 2 heterocycles. The van der Waals surface area contributed by atoms with Gasteiger partial charge in [-0.15, -0.1) is 0 Å². The molecule has 4 rings (SSSR count). The number of piperidine rings is 1. The van der Waals surface area contributed by atoms with E-state index in [0.29, 0.717) is 51.3 Å². The topological polar surface area (TPSA) is 60.9 Å². The highest BCUT2D eigenvalue weighted by molar-refractivity contribution is 7.89. The van der Waals surface area contributed by atoms with Gasteiger partial charge in [-0.25, -0.2) is 8.42 Å². The van der Waals surface area contributed by atoms with Crippen LogP contribution >= 0.6 is 0 Å². The van der Waals surface area contributed by atoms with Gasteiger partial charge in [0, 0.05) is 45.0 Å². The number of hydrogen-bond donors (Lipinski definition) is 0. The second kappa shape index (κ2) is 9.58. The Balaban J connectivity index is 1.38. The summed E-state index contributed by atoms with van der Waals surface area (Å²) < 4.78 is 66.6. The zero-order valence-corrected chi connectivity index (χ0v) is 19.8. The summed E-state index contributed by atoms with van der Waals surface area (Å²) in [6, 6.07) is 11.9. The van der Waals surface area contributed by atoms with Crippen LogP contribution in [0.25, 0.3) is 0 Å². The fourth-order valence-electron chi connectivity index (χ4n) is 4.54. The highest BCUT2D eigenvalue weighted by atomic mass is 32.2. The maximum absolute atomic E-state index is 13.2. The Bertz CT molecular complexity index is 1130. The number of hydrogen-bond acceptors (Lipinski definition) is 4. The molecule has 0 N–H and O–H groups in total. The second-order valence-electron chi connectivity index (χ2n) is 8.88. The number of aryl methyl sites for hydroxylation is 1. The van der Waals surface area contributed by atoms with Crippen LogP contribution in [-0.2, 0) is 21.0 Å². The van der Waals surface area contributed by atoms with Gasteiger partial charge in [0.2, 0.25) is 15.9 Å². The summed E-state index contributed by atoms with van der Waals surface area (Å²) in [5, 5.41) is 0. The van der Waals surface area contributed by atoms with E-state index in [1.807, 2.05) is 11.8 Å². The molecule has 1 amide bonds. The minimum absolute atomic E-state index is 0.0903. The standard InChI is InChI=1S/C24H28F3N3O3S/c1-18-7-9-22(10-8-18)34(32,33)30-11-3-4-19(17-30)23(31)29-14-12-28(13-15-29)21-6-2-5-20(16-21)24(25,26)27/h2,5-10,16,19H,3-4,11-15,17H2,1H3/t19-/m1/s1. The maximum Gasteiger partial charge on any atom is 0.416 e. The van der Waals surface area contributed by atoms with Crippen molar-refractivity contribution in [2.75, 3.05) is 44.2 Å². The predicted octanol–water partition coefficient (Wildman–Crippen LogP) is 3.76. The van der Waals surface area contributed by atoms with Crippen molar-refractivity contribution in [1.82, 2.24) is 9.21 Å². The van der Waals surface area contributed by atoms with Gasteiger partial charge in [-0.2, -0.15) is 17.5 Å². The highest BCUT2D eigenvalue weighted by Crippen LogP contribution is 2.32. The molecule has 2 aliphatic rings. The van der Waals surface area contributed by atoms with Gasteiger partial charge in [0.15, 0.2) is 0 Å². The molecule has 10 heteroatoms. The smallest absolute Gasteiger partial charge is 0.368 e. The number of carbonyl (C=O) groups is 1. The third kappa shape index (κ3) is 5.22. The summed E-state index contributed by atoms with van der Waals surface area (Å²) in [6.07, 6.45) is -3.18. The Morgan fingerprint density at radius 3 is 2.29 bits per heavy atom. The summed E-state index contributed by atoms with van der Waals surface area (Å²) in [5.41, 5.74) is 0.755. The lowest BCUT2D eigenvalue weighted by atomic mass is 9.97. The Kier molecular flexibility index (Phi) is 6.91. The number of anilines is 1. The summed E-state index contributed by atoms with van der Waals surface area (Å²) in [6.45, 7) is 4.02. The number of alkyl halides is 3. The first-order valence-corrected chi connectivity index (χ1v) is 12.8. The number of amides is 1. The van der Waals surface area contributed by atoms with Crippen molar-refractivity contribution in [3.05, 3.63) is 59.7 Å². The van der Waals surface area contributed by atoms with Gasteiger partial charge < -0.3 is 9.80 Å². The van der Waals surface area contributed by atoms with E-state index in [4.69, 9.17) is 0 Å². The fraction of sp³-hybridized carbons (Fsp3) is 0.458. The molecule has 0 spiro atoms. The molecule has 0 unspecified atom stereocenters. The lowest BCUT2D eigenvalue weighted by Crippen LogP contribution is -2.53. The van der Waals surface area contributed by atoms with Crippen LogP contribution in [0.2, 0.25) is 0 Å². The van der Waals surface area contributed by atoms with E-state index in [2.05, 4.69) is 0 Å². The Morgan fingerprint density at radius 1 is 0.971 bits per heavy atom. The average Bonchev–Trinajstić information content (AvgIpc) is 2.83. The first-order chi connectivity index (χ1) is 16.1. The largest absolute Gasteiger partial charge is 0.416 e. The van der Waals surface area contributed by atoms with Crippen LogP contribution in [-0.4, -0.2) is 62.8 Å². The summed E-state index contributed by atoms with van der Waals surface area (Å²) in [7, 11) is -3.67. The van der Waals surface area contributed by atoms with Gasteiger partial charge >= 0.3 is 6.18 Å². The monoisotopic (exact) mass is 495 g/mol. The number of rotatable bonds is 4. The number of benzene rings is 2. The molecule has 0 bridgehead atoms.